The van der Waals surface area contributed by atoms with Crippen molar-refractivity contribution in [2.24, 2.45) is 23.7 Å². The molecule has 0 fully saturated rings. The van der Waals surface area contributed by atoms with E-state index in [1.807, 2.05) is 0 Å². The van der Waals surface area contributed by atoms with Gasteiger partial charge in [0.05, 0.1) is 0 Å². The monoisotopic (exact) mass is 550 g/mol. The predicted molar refractivity (Wildman–Crippen MR) is 156 cm³/mol. The summed E-state index contributed by atoms with van der Waals surface area (Å²) in [5.74, 6) is 2.70. The van der Waals surface area contributed by atoms with Crippen molar-refractivity contribution in [1.82, 2.24) is 0 Å². The third kappa shape index (κ3) is 17.7. The number of hydrogen-bond donors (Lipinski definition) is 0. The first-order chi connectivity index (χ1) is 14.3. The fraction of sp³-hybridized carbons (Fsp3) is 0.742. The van der Waals surface area contributed by atoms with Gasteiger partial charge in [-0.15, -0.1) is 5.47 Å². The van der Waals surface area contributed by atoms with Gasteiger partial charge in [0.1, 0.15) is 0 Å². The van der Waals surface area contributed by atoms with Crippen molar-refractivity contribution < 1.29 is 20.4 Å². The molecule has 0 amide bonds. The molecule has 0 heterocycles. The Bertz CT molecular complexity index is 611. The van der Waals surface area contributed by atoms with E-state index < -0.39 is 0 Å². The molecule has 0 saturated heterocycles. The molecule has 0 bridgehead atoms. The van der Waals surface area contributed by atoms with Gasteiger partial charge in [0, 0.05) is 20.4 Å². The zero-order chi connectivity index (χ0) is 26.5. The van der Waals surface area contributed by atoms with Crippen molar-refractivity contribution in [1.29, 1.82) is 0 Å². The van der Waals surface area contributed by atoms with Crippen LogP contribution in [0.3, 0.4) is 0 Å². The zero-order valence-electron chi connectivity index (χ0n) is 26.2. The summed E-state index contributed by atoms with van der Waals surface area (Å²) < 4.78 is 0. The molecule has 198 valence electrons. The van der Waals surface area contributed by atoms with Gasteiger partial charge in [-0.2, -0.15) is 0 Å². The van der Waals surface area contributed by atoms with Crippen molar-refractivity contribution in [3.63, 3.8) is 0 Å². The second kappa shape index (κ2) is 19.9. The minimum Gasteiger partial charge on any atom is -0.101 e. The molecule has 0 N–H and O–H groups in total. The summed E-state index contributed by atoms with van der Waals surface area (Å²) in [6, 6.07) is 0. The minimum atomic E-state index is 0. The largest absolute Gasteiger partial charge is 0.164 e. The first kappa shape index (κ1) is 39.9. The summed E-state index contributed by atoms with van der Waals surface area (Å²) in [7, 11) is 0. The molecule has 0 nitrogen and oxygen atoms in total. The van der Waals surface area contributed by atoms with E-state index in [1.165, 1.54) is 27.9 Å². The van der Waals surface area contributed by atoms with Gasteiger partial charge in [-0.05, 0) is 97.1 Å². The second-order valence-corrected chi connectivity index (χ2v) is 11.7. The van der Waals surface area contributed by atoms with E-state index in [0.717, 1.165) is 5.92 Å². The summed E-state index contributed by atoms with van der Waals surface area (Å²) in [5, 5.41) is 0. The van der Waals surface area contributed by atoms with Crippen LogP contribution in [0.2, 0.25) is 13.6 Å². The van der Waals surface area contributed by atoms with Gasteiger partial charge in [-0.3, -0.25) is 0 Å². The van der Waals surface area contributed by atoms with E-state index in [4.69, 9.17) is 0 Å². The smallest absolute Gasteiger partial charge is 0.101 e. The molecular weight excluding hydrogens is 490 g/mol. The first-order valence-electron chi connectivity index (χ1n) is 13.0. The van der Waals surface area contributed by atoms with Crippen LogP contribution in [0.5, 0.6) is 0 Å². The second-order valence-electron chi connectivity index (χ2n) is 11.7. The molecule has 0 aromatic heterocycles. The van der Waals surface area contributed by atoms with Crippen LogP contribution in [0.4, 0.5) is 0 Å². The third-order valence-corrected chi connectivity index (χ3v) is 6.00. The topological polar surface area (TPSA) is 0 Å². The average Bonchev–Trinajstić information content (AvgIpc) is 2.57. The van der Waals surface area contributed by atoms with Crippen molar-refractivity contribution >= 4 is 6.71 Å². The van der Waals surface area contributed by atoms with E-state index in [2.05, 4.69) is 131 Å². The first-order valence-corrected chi connectivity index (χ1v) is 13.0. The Balaban J connectivity index is -0.000000197. The maximum atomic E-state index is 2.29. The van der Waals surface area contributed by atoms with E-state index in [9.17, 15) is 0 Å². The Kier molecular flexibility index (Phi) is 24.1. The van der Waals surface area contributed by atoms with Crippen LogP contribution >= 0.6 is 0 Å². The molecule has 0 saturated carbocycles. The van der Waals surface area contributed by atoms with Crippen LogP contribution in [0, 0.1) is 23.7 Å². The van der Waals surface area contributed by atoms with E-state index in [1.54, 1.807) is 16.6 Å². The molecule has 0 radical (unpaired) electrons. The quantitative estimate of drug-likeness (QED) is 0.175. The average molecular weight is 551 g/mol. The van der Waals surface area contributed by atoms with Gasteiger partial charge in [-0.1, -0.05) is 96.9 Å². The summed E-state index contributed by atoms with van der Waals surface area (Å²) in [5.41, 5.74) is 12.1. The molecule has 2 heteroatoms. The Morgan fingerprint density at radius 2 is 0.727 bits per heavy atom. The SMILES string of the molecule is CB(C)C(=C(C)C)C(C)C.CC(C)=C(C(=C(C)C)C(C)C)C(C)C.CC(C)=C(C)C(C)C.[Pd]. The number of rotatable bonds is 6. The summed E-state index contributed by atoms with van der Waals surface area (Å²) >= 11 is 0. The van der Waals surface area contributed by atoms with Gasteiger partial charge < -0.3 is 0 Å². The molecule has 0 aromatic carbocycles. The van der Waals surface area contributed by atoms with Crippen LogP contribution in [0.1, 0.15) is 118 Å². The Morgan fingerprint density at radius 1 is 0.424 bits per heavy atom. The Morgan fingerprint density at radius 3 is 0.758 bits per heavy atom. The molecule has 33 heavy (non-hydrogen) atoms. The van der Waals surface area contributed by atoms with E-state index >= 15 is 0 Å². The van der Waals surface area contributed by atoms with Crippen LogP contribution in [-0.2, 0) is 20.4 Å². The van der Waals surface area contributed by atoms with E-state index in [-0.39, 0.29) is 20.4 Å². The molecule has 0 spiro atoms. The van der Waals surface area contributed by atoms with Crippen molar-refractivity contribution in [2.75, 3.05) is 0 Å². The van der Waals surface area contributed by atoms with Gasteiger partial charge in [-0.25, -0.2) is 0 Å². The van der Waals surface area contributed by atoms with Crippen LogP contribution in [0.15, 0.2) is 44.5 Å². The van der Waals surface area contributed by atoms with Crippen LogP contribution in [0.25, 0.3) is 0 Å². The van der Waals surface area contributed by atoms with Gasteiger partial charge in [0.25, 0.3) is 0 Å². The Hall–Kier alpha value is -0.313. The van der Waals surface area contributed by atoms with Gasteiger partial charge >= 0.3 is 0 Å². The molecule has 0 unspecified atom stereocenters. The summed E-state index contributed by atoms with van der Waals surface area (Å²) in [4.78, 5) is 0. The van der Waals surface area contributed by atoms with Crippen LogP contribution in [-0.4, -0.2) is 6.71 Å². The van der Waals surface area contributed by atoms with Crippen LogP contribution < -0.4 is 0 Å². The third-order valence-electron chi connectivity index (χ3n) is 6.00. The molecule has 0 rings (SSSR count). The molecule has 0 aliphatic carbocycles. The van der Waals surface area contributed by atoms with Crippen molar-refractivity contribution in [3.8, 4) is 0 Å². The predicted octanol–water partition coefficient (Wildman–Crippen LogP) is 11.2. The van der Waals surface area contributed by atoms with Crippen molar-refractivity contribution in [3.05, 3.63) is 44.5 Å². The van der Waals surface area contributed by atoms with E-state index in [0.29, 0.717) is 24.5 Å². The van der Waals surface area contributed by atoms with Gasteiger partial charge in [0.2, 0.25) is 0 Å². The molecule has 0 aliphatic rings. The standard InChI is InChI=1S/C14H26.C9H19B.C8H16.Pd/c1-9(2)13(10(3)4)14(11(5)6)12(7)8;1-7(2)9(8(3)4)10(5)6;1-6(2)8(5)7(3)4;/h9,11H,1-8H3;7H,1-6H3;6H,1-5H3;. The number of allylic oxidation sites excluding steroid dienone is 8. The minimum absolute atomic E-state index is 0. The Labute approximate surface area is 226 Å². The zero-order valence-corrected chi connectivity index (χ0v) is 27.8. The molecule has 0 atom stereocenters. The molecule has 0 aromatic rings. The normalized spacial score (nSPS) is 9.91. The van der Waals surface area contributed by atoms with Gasteiger partial charge in [0.15, 0.2) is 6.71 Å². The summed E-state index contributed by atoms with van der Waals surface area (Å²) in [6.07, 6.45) is 0. The summed E-state index contributed by atoms with van der Waals surface area (Å²) in [6.45, 7) is 43.2. The number of hydrogen-bond acceptors (Lipinski definition) is 0. The fourth-order valence-corrected chi connectivity index (χ4v) is 4.71. The van der Waals surface area contributed by atoms with Crippen molar-refractivity contribution in [2.45, 2.75) is 131 Å². The fourth-order valence-electron chi connectivity index (χ4n) is 4.71. The maximum Gasteiger partial charge on any atom is 0.164 e. The molecular formula is C31H61BPd. The molecule has 0 aliphatic heterocycles. The maximum absolute atomic E-state index is 2.29.